The molecule has 0 amide bonds. The summed E-state index contributed by atoms with van der Waals surface area (Å²) in [6.07, 6.45) is 4.38. The maximum atomic E-state index is 14.0. The lowest BCUT2D eigenvalue weighted by Gasteiger charge is -2.25. The minimum Gasteiger partial charge on any atom is -0.300 e. The van der Waals surface area contributed by atoms with Crippen molar-refractivity contribution in [1.82, 2.24) is 19.2 Å². The van der Waals surface area contributed by atoms with Crippen LogP contribution >= 0.6 is 0 Å². The molecule has 0 aliphatic heterocycles. The van der Waals surface area contributed by atoms with Gasteiger partial charge in [-0.05, 0) is 48.9 Å². The van der Waals surface area contributed by atoms with Crippen molar-refractivity contribution in [1.29, 1.82) is 5.26 Å². The average molecular weight is 480 g/mol. The highest BCUT2D eigenvalue weighted by atomic mass is 16.1. The number of carbonyl (C=O) groups excluding carboxylic acids is 1. The first-order valence-electron chi connectivity index (χ1n) is 12.6. The molecule has 0 unspecified atom stereocenters. The number of aromatic nitrogens is 4. The van der Waals surface area contributed by atoms with Gasteiger partial charge in [-0.1, -0.05) is 55.8 Å². The fraction of sp³-hybridized carbons (Fsp3) is 0.345. The predicted molar refractivity (Wildman–Crippen MR) is 138 cm³/mol. The van der Waals surface area contributed by atoms with Gasteiger partial charge in [0.25, 0.3) is 5.56 Å². The Kier molecular flexibility index (Phi) is 6.51. The van der Waals surface area contributed by atoms with Gasteiger partial charge in [-0.15, -0.1) is 0 Å². The van der Waals surface area contributed by atoms with E-state index in [1.54, 1.807) is 4.57 Å². The zero-order valence-corrected chi connectivity index (χ0v) is 20.7. The topological polar surface area (TPSA) is 93.0 Å². The number of nitriles is 1. The van der Waals surface area contributed by atoms with E-state index >= 15 is 0 Å². The van der Waals surface area contributed by atoms with Gasteiger partial charge in [-0.2, -0.15) is 15.3 Å². The lowest BCUT2D eigenvalue weighted by atomic mass is 9.93. The van der Waals surface area contributed by atoms with Gasteiger partial charge in [0.05, 0.1) is 17.3 Å². The summed E-state index contributed by atoms with van der Waals surface area (Å²) >= 11 is 0. The molecule has 2 aromatic heterocycles. The third-order valence-corrected chi connectivity index (χ3v) is 7.05. The van der Waals surface area contributed by atoms with E-state index < -0.39 is 0 Å². The molecular formula is C29H29N5O2. The molecule has 5 rings (SSSR count). The molecule has 0 spiro atoms. The van der Waals surface area contributed by atoms with Crippen molar-refractivity contribution in [2.75, 3.05) is 0 Å². The highest BCUT2D eigenvalue weighted by Gasteiger charge is 2.27. The van der Waals surface area contributed by atoms with Crippen LogP contribution in [0.4, 0.5) is 0 Å². The summed E-state index contributed by atoms with van der Waals surface area (Å²) in [6, 6.07) is 17.8. The van der Waals surface area contributed by atoms with Crippen LogP contribution in [0.3, 0.4) is 0 Å². The molecule has 2 heterocycles. The molecule has 1 aliphatic carbocycles. The minimum atomic E-state index is -0.0550. The first kappa shape index (κ1) is 23.7. The second-order valence-corrected chi connectivity index (χ2v) is 9.52. The highest BCUT2D eigenvalue weighted by Crippen LogP contribution is 2.28. The molecular weight excluding hydrogens is 450 g/mol. The predicted octanol–water partition coefficient (Wildman–Crippen LogP) is 4.97. The van der Waals surface area contributed by atoms with Crippen LogP contribution in [0.5, 0.6) is 0 Å². The van der Waals surface area contributed by atoms with E-state index in [1.165, 1.54) is 0 Å². The molecule has 4 aromatic rings. The van der Waals surface area contributed by atoms with Crippen LogP contribution in [-0.4, -0.2) is 24.9 Å². The number of carbonyl (C=O) groups is 1. The summed E-state index contributed by atoms with van der Waals surface area (Å²) in [4.78, 5) is 30.5. The van der Waals surface area contributed by atoms with Gasteiger partial charge in [0.2, 0.25) is 5.78 Å². The van der Waals surface area contributed by atoms with Gasteiger partial charge >= 0.3 is 0 Å². The number of ketones is 1. The van der Waals surface area contributed by atoms with Crippen LogP contribution < -0.4 is 5.56 Å². The maximum absolute atomic E-state index is 14.0. The molecule has 0 bridgehead atoms. The molecule has 1 aliphatic rings. The number of hydrogen-bond donors (Lipinski definition) is 0. The SMILES string of the molecule is CCCc1c(Cc2ccc(-c3ccccc3C#N)cc2)c(=O)n(C2CCC(=O)CC2)c2nc(C)nn12. The molecule has 0 N–H and O–H groups in total. The fourth-order valence-corrected chi connectivity index (χ4v) is 5.25. The monoisotopic (exact) mass is 479 g/mol. The summed E-state index contributed by atoms with van der Waals surface area (Å²) in [5.41, 5.74) is 5.12. The van der Waals surface area contributed by atoms with Crippen LogP contribution in [0.2, 0.25) is 0 Å². The maximum Gasteiger partial charge on any atom is 0.259 e. The zero-order valence-electron chi connectivity index (χ0n) is 20.7. The third kappa shape index (κ3) is 4.35. The van der Waals surface area contributed by atoms with Crippen LogP contribution in [-0.2, 0) is 17.6 Å². The van der Waals surface area contributed by atoms with Crippen molar-refractivity contribution in [3.05, 3.63) is 87.1 Å². The molecule has 2 aromatic carbocycles. The van der Waals surface area contributed by atoms with Crippen LogP contribution in [0.1, 0.15) is 73.3 Å². The van der Waals surface area contributed by atoms with Gasteiger partial charge in [0.15, 0.2) is 0 Å². The smallest absolute Gasteiger partial charge is 0.259 e. The van der Waals surface area contributed by atoms with Gasteiger partial charge < -0.3 is 0 Å². The van der Waals surface area contributed by atoms with Gasteiger partial charge in [-0.3, -0.25) is 14.2 Å². The lowest BCUT2D eigenvalue weighted by Crippen LogP contribution is -2.34. The fourth-order valence-electron chi connectivity index (χ4n) is 5.25. The minimum absolute atomic E-state index is 0.0309. The van der Waals surface area contributed by atoms with Crippen LogP contribution in [0, 0.1) is 18.3 Å². The number of aryl methyl sites for hydroxylation is 2. The van der Waals surface area contributed by atoms with Crippen molar-refractivity contribution in [3.8, 4) is 17.2 Å². The Balaban J connectivity index is 1.59. The standard InChI is InChI=1S/C29H29N5O2/c1-3-6-27-26(17-20-9-11-21(12-10-20)25-8-5-4-7-22(25)18-30)28(36)33(23-13-15-24(35)16-14-23)29-31-19(2)32-34(27)29/h4-5,7-12,23H,3,6,13-17H2,1-2H3. The van der Waals surface area contributed by atoms with E-state index in [0.717, 1.165) is 40.8 Å². The van der Waals surface area contributed by atoms with E-state index in [1.807, 2.05) is 60.0 Å². The number of Topliss-reactive ketones (excluding diaryl/α,β-unsaturated/α-hetero) is 1. The molecule has 0 atom stereocenters. The molecule has 7 heteroatoms. The van der Waals surface area contributed by atoms with Crippen molar-refractivity contribution < 1.29 is 4.79 Å². The first-order valence-corrected chi connectivity index (χ1v) is 12.6. The van der Waals surface area contributed by atoms with E-state index in [9.17, 15) is 14.9 Å². The van der Waals surface area contributed by atoms with E-state index in [-0.39, 0.29) is 17.4 Å². The van der Waals surface area contributed by atoms with E-state index in [4.69, 9.17) is 0 Å². The van der Waals surface area contributed by atoms with Crippen LogP contribution in [0.25, 0.3) is 16.9 Å². The summed E-state index contributed by atoms with van der Waals surface area (Å²) in [6.45, 7) is 3.94. The number of fused-ring (bicyclic) bond motifs is 1. The van der Waals surface area contributed by atoms with Crippen molar-refractivity contribution >= 4 is 11.6 Å². The summed E-state index contributed by atoms with van der Waals surface area (Å²) < 4.78 is 3.64. The van der Waals surface area contributed by atoms with Gasteiger partial charge in [0, 0.05) is 30.9 Å². The molecule has 0 radical (unpaired) electrons. The Morgan fingerprint density at radius 2 is 1.78 bits per heavy atom. The Morgan fingerprint density at radius 3 is 2.47 bits per heavy atom. The lowest BCUT2D eigenvalue weighted by molar-refractivity contribution is -0.120. The number of rotatable bonds is 6. The normalized spacial score (nSPS) is 14.3. The Bertz CT molecular complexity index is 1530. The number of hydrogen-bond acceptors (Lipinski definition) is 5. The molecule has 182 valence electrons. The summed E-state index contributed by atoms with van der Waals surface area (Å²) in [5.74, 6) is 1.46. The van der Waals surface area contributed by atoms with E-state index in [0.29, 0.717) is 49.3 Å². The second-order valence-electron chi connectivity index (χ2n) is 9.52. The summed E-state index contributed by atoms with van der Waals surface area (Å²) in [7, 11) is 0. The third-order valence-electron chi connectivity index (χ3n) is 7.05. The highest BCUT2D eigenvalue weighted by molar-refractivity contribution is 5.79. The quantitative estimate of drug-likeness (QED) is 0.389. The largest absolute Gasteiger partial charge is 0.300 e. The number of benzene rings is 2. The second kappa shape index (κ2) is 9.90. The van der Waals surface area contributed by atoms with Gasteiger partial charge in [-0.25, -0.2) is 4.52 Å². The molecule has 7 nitrogen and oxygen atoms in total. The zero-order chi connectivity index (χ0) is 25.2. The Labute approximate surface area is 210 Å². The Morgan fingerprint density at radius 1 is 1.06 bits per heavy atom. The summed E-state index contributed by atoms with van der Waals surface area (Å²) in [5, 5.41) is 14.1. The molecule has 0 saturated heterocycles. The molecule has 1 saturated carbocycles. The molecule has 36 heavy (non-hydrogen) atoms. The molecule has 1 fully saturated rings. The number of nitrogens with zero attached hydrogens (tertiary/aromatic N) is 5. The Hall–Kier alpha value is -4.05. The van der Waals surface area contributed by atoms with Crippen LogP contribution in [0.15, 0.2) is 53.3 Å². The van der Waals surface area contributed by atoms with Crippen molar-refractivity contribution in [3.63, 3.8) is 0 Å². The average Bonchev–Trinajstić information content (AvgIpc) is 3.28. The van der Waals surface area contributed by atoms with Crippen molar-refractivity contribution in [2.24, 2.45) is 0 Å². The van der Waals surface area contributed by atoms with Gasteiger partial charge in [0.1, 0.15) is 11.6 Å². The van der Waals surface area contributed by atoms with Crippen molar-refractivity contribution in [2.45, 2.75) is 64.8 Å². The first-order chi connectivity index (χ1) is 17.5. The van der Waals surface area contributed by atoms with E-state index in [2.05, 4.69) is 23.1 Å².